The number of carbonyl (C=O) groups is 1. The van der Waals surface area contributed by atoms with Crippen LogP contribution in [0.3, 0.4) is 0 Å². The van der Waals surface area contributed by atoms with Gasteiger partial charge in [-0.25, -0.2) is 4.98 Å². The van der Waals surface area contributed by atoms with E-state index in [1.54, 1.807) is 24.4 Å². The maximum absolute atomic E-state index is 12.2. The Labute approximate surface area is 174 Å². The number of morpholine rings is 1. The van der Waals surface area contributed by atoms with Crippen molar-refractivity contribution in [1.29, 1.82) is 0 Å². The number of aromatic nitrogens is 1. The Balaban J connectivity index is 1.61. The van der Waals surface area contributed by atoms with Crippen LogP contribution < -0.4 is 15.0 Å². The number of rotatable bonds is 8. The molecule has 0 radical (unpaired) electrons. The first-order valence-corrected chi connectivity index (χ1v) is 9.76. The molecule has 2 aromatic rings. The van der Waals surface area contributed by atoms with E-state index < -0.39 is 4.92 Å². The quantitative estimate of drug-likeness (QED) is 0.403. The van der Waals surface area contributed by atoms with Crippen molar-refractivity contribution < 1.29 is 19.2 Å². The third-order valence-corrected chi connectivity index (χ3v) is 4.42. The highest BCUT2D eigenvalue weighted by molar-refractivity contribution is 6.01. The van der Waals surface area contributed by atoms with Crippen molar-refractivity contribution in [1.82, 2.24) is 4.98 Å². The molecular weight excluding hydrogens is 388 g/mol. The molecule has 0 spiro atoms. The molecule has 1 saturated heterocycles. The highest BCUT2D eigenvalue weighted by Crippen LogP contribution is 2.28. The van der Waals surface area contributed by atoms with E-state index in [-0.39, 0.29) is 17.3 Å². The second-order valence-electron chi connectivity index (χ2n) is 6.66. The van der Waals surface area contributed by atoms with Crippen molar-refractivity contribution in [3.8, 4) is 5.75 Å². The van der Waals surface area contributed by atoms with E-state index in [4.69, 9.17) is 9.47 Å². The van der Waals surface area contributed by atoms with Crippen molar-refractivity contribution in [2.45, 2.75) is 13.3 Å². The van der Waals surface area contributed by atoms with Crippen molar-refractivity contribution in [2.24, 2.45) is 0 Å². The number of pyridine rings is 1. The number of nitrogens with one attached hydrogen (secondary N) is 1. The van der Waals surface area contributed by atoms with Gasteiger partial charge in [-0.05, 0) is 36.3 Å². The van der Waals surface area contributed by atoms with Crippen LogP contribution in [0.1, 0.15) is 18.9 Å². The Bertz CT molecular complexity index is 908. The second-order valence-corrected chi connectivity index (χ2v) is 6.66. The number of nitro groups is 1. The molecule has 0 atom stereocenters. The largest absolute Gasteiger partial charge is 0.487 e. The topological polar surface area (TPSA) is 107 Å². The summed E-state index contributed by atoms with van der Waals surface area (Å²) in [7, 11) is 0. The fourth-order valence-corrected chi connectivity index (χ4v) is 2.91. The van der Waals surface area contributed by atoms with Crippen molar-refractivity contribution in [3.05, 3.63) is 58.3 Å². The van der Waals surface area contributed by atoms with Gasteiger partial charge in [-0.1, -0.05) is 13.0 Å². The van der Waals surface area contributed by atoms with Gasteiger partial charge in [0.15, 0.2) is 5.75 Å². The number of nitrogens with zero attached hydrogens (tertiary/aromatic N) is 3. The van der Waals surface area contributed by atoms with Crippen LogP contribution in [0, 0.1) is 10.1 Å². The zero-order valence-corrected chi connectivity index (χ0v) is 16.7. The lowest BCUT2D eigenvalue weighted by Crippen LogP contribution is -2.36. The normalized spacial score (nSPS) is 14.0. The molecule has 9 nitrogen and oxygen atoms in total. The molecule has 30 heavy (non-hydrogen) atoms. The number of anilines is 2. The molecule has 3 rings (SSSR count). The first-order chi connectivity index (χ1) is 14.6. The molecule has 0 saturated carbocycles. The van der Waals surface area contributed by atoms with Crippen LogP contribution in [0.5, 0.6) is 5.75 Å². The smallest absolute Gasteiger partial charge is 0.311 e. The number of hydrogen-bond acceptors (Lipinski definition) is 7. The van der Waals surface area contributed by atoms with Gasteiger partial charge in [-0.15, -0.1) is 0 Å². The summed E-state index contributed by atoms with van der Waals surface area (Å²) in [6, 6.07) is 8.23. The van der Waals surface area contributed by atoms with Gasteiger partial charge in [0.05, 0.1) is 36.6 Å². The van der Waals surface area contributed by atoms with E-state index in [0.29, 0.717) is 31.1 Å². The minimum atomic E-state index is -0.496. The molecule has 1 aliphatic rings. The maximum atomic E-state index is 12.2. The first-order valence-electron chi connectivity index (χ1n) is 9.76. The minimum Gasteiger partial charge on any atom is -0.487 e. The molecular formula is C21H24N4O5. The highest BCUT2D eigenvalue weighted by atomic mass is 16.6. The fraction of sp³-hybridized carbons (Fsp3) is 0.333. The Kier molecular flexibility index (Phi) is 7.34. The standard InChI is InChI=1S/C21H24N4O5/c1-2-11-30-19-6-3-16(14-18(19)25(27)28)4-8-21(26)23-17-5-7-20(22-15-17)24-9-12-29-13-10-24/h3-8,14-15H,2,9-13H2,1H3,(H,23,26)/b8-4+. The molecule has 1 aliphatic heterocycles. The Morgan fingerprint density at radius 2 is 2.13 bits per heavy atom. The Morgan fingerprint density at radius 1 is 1.33 bits per heavy atom. The SMILES string of the molecule is CCCOc1ccc(/C=C/C(=O)Nc2ccc(N3CCOCC3)nc2)cc1[N+](=O)[O-]. The molecule has 1 amide bonds. The lowest BCUT2D eigenvalue weighted by molar-refractivity contribution is -0.385. The average Bonchev–Trinajstić information content (AvgIpc) is 2.77. The summed E-state index contributed by atoms with van der Waals surface area (Å²) in [4.78, 5) is 29.5. The van der Waals surface area contributed by atoms with Gasteiger partial charge >= 0.3 is 5.69 Å². The van der Waals surface area contributed by atoms with Crippen molar-refractivity contribution >= 4 is 29.2 Å². The van der Waals surface area contributed by atoms with Gasteiger partial charge in [0.2, 0.25) is 5.91 Å². The lowest BCUT2D eigenvalue weighted by atomic mass is 10.1. The third kappa shape index (κ3) is 5.77. The number of nitro benzene ring substituents is 1. The fourth-order valence-electron chi connectivity index (χ4n) is 2.91. The summed E-state index contributed by atoms with van der Waals surface area (Å²) in [5.74, 6) is 0.698. The van der Waals surface area contributed by atoms with Crippen LogP contribution in [-0.2, 0) is 9.53 Å². The summed E-state index contributed by atoms with van der Waals surface area (Å²) in [6.07, 6.45) is 5.19. The van der Waals surface area contributed by atoms with Crippen LogP contribution in [0.4, 0.5) is 17.2 Å². The lowest BCUT2D eigenvalue weighted by Gasteiger charge is -2.27. The number of ether oxygens (including phenoxy) is 2. The second kappa shape index (κ2) is 10.4. The number of hydrogen-bond donors (Lipinski definition) is 1. The van der Waals surface area contributed by atoms with E-state index in [0.717, 1.165) is 25.3 Å². The van der Waals surface area contributed by atoms with Gasteiger partial charge in [-0.2, -0.15) is 0 Å². The van der Waals surface area contributed by atoms with Crippen molar-refractivity contribution in [2.75, 3.05) is 43.1 Å². The van der Waals surface area contributed by atoms with Gasteiger partial charge in [0, 0.05) is 25.2 Å². The predicted molar refractivity (Wildman–Crippen MR) is 114 cm³/mol. The zero-order valence-electron chi connectivity index (χ0n) is 16.7. The summed E-state index contributed by atoms with van der Waals surface area (Å²) >= 11 is 0. The average molecular weight is 412 g/mol. The van der Waals surface area contributed by atoms with Crippen LogP contribution in [0.2, 0.25) is 0 Å². The maximum Gasteiger partial charge on any atom is 0.311 e. The first kappa shape index (κ1) is 21.3. The van der Waals surface area contributed by atoms with Gasteiger partial charge < -0.3 is 19.7 Å². The van der Waals surface area contributed by atoms with E-state index in [1.165, 1.54) is 18.2 Å². The summed E-state index contributed by atoms with van der Waals surface area (Å²) in [6.45, 7) is 5.25. The van der Waals surface area contributed by atoms with Gasteiger partial charge in [0.1, 0.15) is 5.82 Å². The van der Waals surface area contributed by atoms with Crippen LogP contribution in [0.25, 0.3) is 6.08 Å². The third-order valence-electron chi connectivity index (χ3n) is 4.42. The number of benzene rings is 1. The van der Waals surface area contributed by atoms with Crippen LogP contribution in [0.15, 0.2) is 42.6 Å². The van der Waals surface area contributed by atoms with E-state index in [2.05, 4.69) is 15.2 Å². The van der Waals surface area contributed by atoms with E-state index in [9.17, 15) is 14.9 Å². The molecule has 158 valence electrons. The minimum absolute atomic E-state index is 0.131. The van der Waals surface area contributed by atoms with Crippen molar-refractivity contribution in [3.63, 3.8) is 0 Å². The number of amides is 1. The Hall–Kier alpha value is -3.46. The summed E-state index contributed by atoms with van der Waals surface area (Å²) < 4.78 is 10.7. The zero-order chi connectivity index (χ0) is 21.3. The molecule has 0 unspecified atom stereocenters. The molecule has 1 N–H and O–H groups in total. The molecule has 1 aromatic carbocycles. The van der Waals surface area contributed by atoms with Gasteiger partial charge in [0.25, 0.3) is 0 Å². The van der Waals surface area contributed by atoms with E-state index >= 15 is 0 Å². The van der Waals surface area contributed by atoms with Crippen LogP contribution in [-0.4, -0.2) is 48.7 Å². The number of carbonyl (C=O) groups excluding carboxylic acids is 1. The Morgan fingerprint density at radius 3 is 2.80 bits per heavy atom. The monoisotopic (exact) mass is 412 g/mol. The summed E-state index contributed by atoms with van der Waals surface area (Å²) in [5.41, 5.74) is 0.964. The summed E-state index contributed by atoms with van der Waals surface area (Å²) in [5, 5.41) is 14.0. The van der Waals surface area contributed by atoms with Gasteiger partial charge in [-0.3, -0.25) is 14.9 Å². The molecule has 0 bridgehead atoms. The molecule has 9 heteroatoms. The predicted octanol–water partition coefficient (Wildman–Crippen LogP) is 3.27. The molecule has 2 heterocycles. The molecule has 1 fully saturated rings. The van der Waals surface area contributed by atoms with Crippen LogP contribution >= 0.6 is 0 Å². The van der Waals surface area contributed by atoms with E-state index in [1.807, 2.05) is 13.0 Å². The molecule has 0 aliphatic carbocycles. The molecule has 1 aromatic heterocycles. The highest BCUT2D eigenvalue weighted by Gasteiger charge is 2.15.